The zero-order valence-electron chi connectivity index (χ0n) is 15.8. The van der Waals surface area contributed by atoms with Crippen molar-refractivity contribution in [1.29, 1.82) is 0 Å². The van der Waals surface area contributed by atoms with Crippen molar-refractivity contribution in [3.63, 3.8) is 0 Å². The molecule has 2 aromatic rings. The third kappa shape index (κ3) is 6.12. The Hall–Kier alpha value is -2.31. The molecule has 0 aliphatic carbocycles. The van der Waals surface area contributed by atoms with Crippen LogP contribution >= 0.6 is 12.2 Å². The highest BCUT2D eigenvalue weighted by Gasteiger charge is 2.21. The van der Waals surface area contributed by atoms with Gasteiger partial charge in [0.25, 0.3) is 0 Å². The van der Waals surface area contributed by atoms with Crippen LogP contribution in [0.3, 0.4) is 0 Å². The normalized spacial score (nSPS) is 14.6. The van der Waals surface area contributed by atoms with Gasteiger partial charge in [-0.25, -0.2) is 0 Å². The first-order valence-electron chi connectivity index (χ1n) is 9.42. The van der Waals surface area contributed by atoms with Crippen molar-refractivity contribution < 1.29 is 14.4 Å². The standard InChI is InChI=1S/C21H27N3O2S/c1-25-19-7-9-20(10-8-19)26-16-15-23-11-13-24(14-12-23)21(27)22-17-18-5-3-2-4-6-18/h2-10H,11-17H2,1H3,(H,22,27)/p+1. The lowest BCUT2D eigenvalue weighted by Crippen LogP contribution is -3.15. The molecule has 1 aliphatic heterocycles. The summed E-state index contributed by atoms with van der Waals surface area (Å²) in [6, 6.07) is 18.1. The molecule has 2 aromatic carbocycles. The molecule has 0 radical (unpaired) electrons. The van der Waals surface area contributed by atoms with Gasteiger partial charge in [0.05, 0.1) is 33.3 Å². The van der Waals surface area contributed by atoms with Crippen LogP contribution in [0.1, 0.15) is 5.56 Å². The molecule has 0 bridgehead atoms. The summed E-state index contributed by atoms with van der Waals surface area (Å²) in [5.41, 5.74) is 1.25. The molecule has 0 saturated carbocycles. The summed E-state index contributed by atoms with van der Waals surface area (Å²) in [4.78, 5) is 3.83. The Bertz CT molecular complexity index is 701. The molecule has 1 aliphatic rings. The number of thiocarbonyl (C=S) groups is 1. The third-order valence-corrected chi connectivity index (χ3v) is 5.23. The smallest absolute Gasteiger partial charge is 0.169 e. The van der Waals surface area contributed by atoms with E-state index in [1.807, 2.05) is 30.3 Å². The first kappa shape index (κ1) is 19.5. The molecule has 144 valence electrons. The van der Waals surface area contributed by atoms with Crippen molar-refractivity contribution in [2.24, 2.45) is 0 Å². The predicted octanol–water partition coefficient (Wildman–Crippen LogP) is 1.35. The molecular weight excluding hydrogens is 358 g/mol. The van der Waals surface area contributed by atoms with Crippen LogP contribution in [0.15, 0.2) is 54.6 Å². The second kappa shape index (κ2) is 10.1. The lowest BCUT2D eigenvalue weighted by atomic mass is 10.2. The fourth-order valence-electron chi connectivity index (χ4n) is 3.15. The number of methoxy groups -OCH3 is 1. The van der Waals surface area contributed by atoms with Gasteiger partial charge < -0.3 is 24.6 Å². The highest BCUT2D eigenvalue weighted by molar-refractivity contribution is 7.80. The number of nitrogens with zero attached hydrogens (tertiary/aromatic N) is 1. The van der Waals surface area contributed by atoms with Crippen molar-refractivity contribution >= 4 is 17.3 Å². The fourth-order valence-corrected chi connectivity index (χ4v) is 3.40. The molecule has 0 unspecified atom stereocenters. The second-order valence-corrected chi connectivity index (χ2v) is 7.04. The van der Waals surface area contributed by atoms with E-state index in [0.29, 0.717) is 0 Å². The Morgan fingerprint density at radius 3 is 2.37 bits per heavy atom. The fraction of sp³-hybridized carbons (Fsp3) is 0.381. The number of quaternary nitrogens is 1. The van der Waals surface area contributed by atoms with Crippen molar-refractivity contribution in [2.75, 3.05) is 46.4 Å². The maximum Gasteiger partial charge on any atom is 0.169 e. The minimum Gasteiger partial charge on any atom is -0.497 e. The SMILES string of the molecule is COc1ccc(OCC[NH+]2CCN(C(=S)NCc3ccccc3)CC2)cc1. The van der Waals surface area contributed by atoms with Crippen molar-refractivity contribution in [3.05, 3.63) is 60.2 Å². The monoisotopic (exact) mass is 386 g/mol. The molecule has 0 aromatic heterocycles. The molecule has 3 rings (SSSR count). The van der Waals surface area contributed by atoms with Crippen molar-refractivity contribution in [1.82, 2.24) is 10.2 Å². The summed E-state index contributed by atoms with van der Waals surface area (Å²) in [7, 11) is 1.67. The Balaban J connectivity index is 1.32. The molecular formula is C21H28N3O2S+. The maximum absolute atomic E-state index is 5.84. The van der Waals surface area contributed by atoms with Gasteiger partial charge >= 0.3 is 0 Å². The van der Waals surface area contributed by atoms with Crippen LogP contribution in [-0.2, 0) is 6.54 Å². The van der Waals surface area contributed by atoms with Gasteiger partial charge in [-0.3, -0.25) is 0 Å². The quantitative estimate of drug-likeness (QED) is 0.703. The molecule has 1 heterocycles. The van der Waals surface area contributed by atoms with Gasteiger partial charge in [-0.05, 0) is 42.0 Å². The Kier molecular flexibility index (Phi) is 7.30. The van der Waals surface area contributed by atoms with Crippen LogP contribution in [0, 0.1) is 0 Å². The van der Waals surface area contributed by atoms with Crippen LogP contribution in [0.4, 0.5) is 0 Å². The van der Waals surface area contributed by atoms with E-state index in [1.165, 1.54) is 5.56 Å². The van der Waals surface area contributed by atoms with E-state index in [2.05, 4.69) is 34.5 Å². The van der Waals surface area contributed by atoms with Crippen LogP contribution < -0.4 is 19.7 Å². The van der Waals surface area contributed by atoms with E-state index < -0.39 is 0 Å². The zero-order chi connectivity index (χ0) is 18.9. The maximum atomic E-state index is 5.84. The van der Waals surface area contributed by atoms with Gasteiger partial charge in [0, 0.05) is 6.54 Å². The molecule has 0 amide bonds. The summed E-state index contributed by atoms with van der Waals surface area (Å²) < 4.78 is 11.0. The molecule has 1 saturated heterocycles. The number of hydrogen-bond donors (Lipinski definition) is 2. The van der Waals surface area contributed by atoms with E-state index in [-0.39, 0.29) is 0 Å². The molecule has 5 nitrogen and oxygen atoms in total. The van der Waals surface area contributed by atoms with E-state index in [0.717, 1.165) is 62.5 Å². The average molecular weight is 387 g/mol. The average Bonchev–Trinajstić information content (AvgIpc) is 2.74. The van der Waals surface area contributed by atoms with Crippen molar-refractivity contribution in [3.8, 4) is 11.5 Å². The van der Waals surface area contributed by atoms with E-state index in [1.54, 1.807) is 12.0 Å². The van der Waals surface area contributed by atoms with E-state index >= 15 is 0 Å². The van der Waals surface area contributed by atoms with Crippen molar-refractivity contribution in [2.45, 2.75) is 6.54 Å². The zero-order valence-corrected chi connectivity index (χ0v) is 16.6. The van der Waals surface area contributed by atoms with E-state index in [4.69, 9.17) is 21.7 Å². The van der Waals surface area contributed by atoms with E-state index in [9.17, 15) is 0 Å². The summed E-state index contributed by atoms with van der Waals surface area (Å²) in [5, 5.41) is 4.22. The molecule has 0 atom stereocenters. The minimum absolute atomic E-state index is 0.721. The lowest BCUT2D eigenvalue weighted by molar-refractivity contribution is -0.903. The van der Waals surface area contributed by atoms with Gasteiger partial charge in [-0.2, -0.15) is 0 Å². The van der Waals surface area contributed by atoms with Crippen LogP contribution in [0.5, 0.6) is 11.5 Å². The van der Waals surface area contributed by atoms with Gasteiger partial charge in [-0.1, -0.05) is 30.3 Å². The summed E-state index contributed by atoms with van der Waals surface area (Å²) in [5.74, 6) is 1.74. The van der Waals surface area contributed by atoms with Crippen LogP contribution in [0.25, 0.3) is 0 Å². The minimum atomic E-state index is 0.721. The number of rotatable bonds is 7. The molecule has 6 heteroatoms. The third-order valence-electron chi connectivity index (χ3n) is 4.83. The van der Waals surface area contributed by atoms with Gasteiger partial charge in [0.2, 0.25) is 0 Å². The molecule has 0 spiro atoms. The number of piperazine rings is 1. The number of ether oxygens (including phenoxy) is 2. The number of hydrogen-bond acceptors (Lipinski definition) is 3. The summed E-state index contributed by atoms with van der Waals surface area (Å²) >= 11 is 5.55. The van der Waals surface area contributed by atoms with Gasteiger partial charge in [0.1, 0.15) is 24.7 Å². The largest absolute Gasteiger partial charge is 0.497 e. The van der Waals surface area contributed by atoms with Crippen LogP contribution in [0.2, 0.25) is 0 Å². The highest BCUT2D eigenvalue weighted by Crippen LogP contribution is 2.16. The van der Waals surface area contributed by atoms with Gasteiger partial charge in [0.15, 0.2) is 5.11 Å². The highest BCUT2D eigenvalue weighted by atomic mass is 32.1. The van der Waals surface area contributed by atoms with Crippen LogP contribution in [-0.4, -0.2) is 56.5 Å². The number of nitrogens with one attached hydrogen (secondary N) is 2. The number of benzene rings is 2. The first-order chi connectivity index (χ1) is 13.2. The molecule has 1 fully saturated rings. The lowest BCUT2D eigenvalue weighted by Gasteiger charge is -2.33. The first-order valence-corrected chi connectivity index (χ1v) is 9.82. The Morgan fingerprint density at radius 1 is 1.04 bits per heavy atom. The Morgan fingerprint density at radius 2 is 1.70 bits per heavy atom. The predicted molar refractivity (Wildman–Crippen MR) is 112 cm³/mol. The summed E-state index contributed by atoms with van der Waals surface area (Å²) in [6.07, 6.45) is 0. The summed E-state index contributed by atoms with van der Waals surface area (Å²) in [6.45, 7) is 6.64. The Labute approximate surface area is 166 Å². The molecule has 2 N–H and O–H groups in total. The van der Waals surface area contributed by atoms with Gasteiger partial charge in [-0.15, -0.1) is 0 Å². The molecule has 27 heavy (non-hydrogen) atoms. The second-order valence-electron chi connectivity index (χ2n) is 6.66. The topological polar surface area (TPSA) is 38.2 Å².